The number of carbonyl (C=O) groups is 1. The number of benzene rings is 3. The molecule has 3 aromatic carbocycles. The predicted molar refractivity (Wildman–Crippen MR) is 139 cm³/mol. The lowest BCUT2D eigenvalue weighted by Crippen LogP contribution is -2.41. The first kappa shape index (κ1) is 22.8. The summed E-state index contributed by atoms with van der Waals surface area (Å²) in [6.45, 7) is 5.33. The second-order valence-electron chi connectivity index (χ2n) is 9.29. The minimum atomic E-state index is -0.219. The molecule has 2 amide bonds. The highest BCUT2D eigenvalue weighted by atomic mass is 16.5. The Labute approximate surface area is 207 Å². The highest BCUT2D eigenvalue weighted by Gasteiger charge is 2.32. The van der Waals surface area contributed by atoms with Crippen LogP contribution in [0.25, 0.3) is 5.69 Å². The van der Waals surface area contributed by atoms with E-state index < -0.39 is 0 Å². The lowest BCUT2D eigenvalue weighted by atomic mass is 9.97. The third-order valence-corrected chi connectivity index (χ3v) is 6.72. The van der Waals surface area contributed by atoms with E-state index in [9.17, 15) is 4.79 Å². The van der Waals surface area contributed by atoms with Gasteiger partial charge in [0.1, 0.15) is 5.75 Å². The average Bonchev–Trinajstić information content (AvgIpc) is 3.31. The van der Waals surface area contributed by atoms with Crippen LogP contribution in [-0.4, -0.2) is 22.6 Å². The first-order valence-electron chi connectivity index (χ1n) is 12.1. The monoisotopic (exact) mass is 465 g/mol. The molecule has 0 saturated heterocycles. The Balaban J connectivity index is 1.53. The van der Waals surface area contributed by atoms with Crippen LogP contribution >= 0.6 is 0 Å². The summed E-state index contributed by atoms with van der Waals surface area (Å²) in [6.07, 6.45) is 2.08. The smallest absolute Gasteiger partial charge is 0.318 e. The van der Waals surface area contributed by atoms with Crippen LogP contribution in [0.2, 0.25) is 0 Å². The molecule has 0 fully saturated rings. The van der Waals surface area contributed by atoms with Crippen LogP contribution in [0.5, 0.6) is 5.75 Å². The largest absolute Gasteiger partial charge is 0.497 e. The van der Waals surface area contributed by atoms with E-state index in [0.717, 1.165) is 33.8 Å². The van der Waals surface area contributed by atoms with Crippen molar-refractivity contribution in [2.24, 2.45) is 0 Å². The first-order chi connectivity index (χ1) is 17.0. The van der Waals surface area contributed by atoms with Crippen LogP contribution in [0.4, 0.5) is 4.79 Å². The Bertz CT molecular complexity index is 1320. The molecule has 0 spiro atoms. The standard InChI is InChI=1S/C30H31N3O2/c1-21(2)23-13-15-24(16-14-23)29-28-12-7-17-32(28)27-11-5-4-9-25(27)20-33(29)30(34)31-19-22-8-6-10-26(18-22)35-3/h4-18,21,29H,19-20H2,1-3H3,(H,31,34)/t29-/m0/s1. The highest BCUT2D eigenvalue weighted by molar-refractivity contribution is 5.76. The van der Waals surface area contributed by atoms with Crippen LogP contribution in [0.15, 0.2) is 91.1 Å². The SMILES string of the molecule is COc1cccc(CNC(=O)N2Cc3ccccc3-n3cccc3[C@@H]2c2ccc(C(C)C)cc2)c1. The summed E-state index contributed by atoms with van der Waals surface area (Å²) < 4.78 is 7.55. The zero-order valence-electron chi connectivity index (χ0n) is 20.4. The molecule has 5 rings (SSSR count). The van der Waals surface area contributed by atoms with Gasteiger partial charge in [0.2, 0.25) is 0 Å². The number of ether oxygens (including phenoxy) is 1. The van der Waals surface area contributed by atoms with E-state index in [1.54, 1.807) is 7.11 Å². The van der Waals surface area contributed by atoms with Crippen molar-refractivity contribution in [3.63, 3.8) is 0 Å². The predicted octanol–water partition coefficient (Wildman–Crippen LogP) is 6.42. The third kappa shape index (κ3) is 4.54. The number of nitrogens with zero attached hydrogens (tertiary/aromatic N) is 2. The molecule has 0 saturated carbocycles. The van der Waals surface area contributed by atoms with E-state index in [1.165, 1.54) is 5.56 Å². The maximum absolute atomic E-state index is 13.8. The number of fused-ring (bicyclic) bond motifs is 3. The zero-order chi connectivity index (χ0) is 24.4. The van der Waals surface area contributed by atoms with Gasteiger partial charge in [-0.25, -0.2) is 4.79 Å². The molecule has 4 aromatic rings. The summed E-state index contributed by atoms with van der Waals surface area (Å²) >= 11 is 0. The molecule has 0 unspecified atom stereocenters. The summed E-state index contributed by atoms with van der Waals surface area (Å²) in [6, 6.07) is 28.6. The van der Waals surface area contributed by atoms with E-state index in [2.05, 4.69) is 78.5 Å². The molecule has 1 aromatic heterocycles. The number of methoxy groups -OCH3 is 1. The second-order valence-corrected chi connectivity index (χ2v) is 9.29. The van der Waals surface area contributed by atoms with Gasteiger partial charge in [-0.2, -0.15) is 0 Å². The molecule has 0 radical (unpaired) electrons. The van der Waals surface area contributed by atoms with Crippen molar-refractivity contribution in [3.05, 3.63) is 119 Å². The molecule has 5 nitrogen and oxygen atoms in total. The molecule has 5 heteroatoms. The number of urea groups is 1. The van der Waals surface area contributed by atoms with Crippen molar-refractivity contribution in [2.75, 3.05) is 7.11 Å². The van der Waals surface area contributed by atoms with Crippen LogP contribution < -0.4 is 10.1 Å². The number of carbonyl (C=O) groups excluding carboxylic acids is 1. The molecule has 0 aliphatic carbocycles. The number of hydrogen-bond acceptors (Lipinski definition) is 2. The maximum Gasteiger partial charge on any atom is 0.318 e. The number of amides is 2. The molecule has 1 atom stereocenters. The minimum absolute atomic E-state index is 0.102. The number of hydrogen-bond donors (Lipinski definition) is 1. The summed E-state index contributed by atoms with van der Waals surface area (Å²) in [5, 5.41) is 3.15. The maximum atomic E-state index is 13.8. The van der Waals surface area contributed by atoms with Gasteiger partial charge in [0.05, 0.1) is 25.4 Å². The van der Waals surface area contributed by atoms with Crippen molar-refractivity contribution in [3.8, 4) is 11.4 Å². The quantitative estimate of drug-likeness (QED) is 0.369. The fraction of sp³-hybridized carbons (Fsp3) is 0.233. The Morgan fingerprint density at radius 3 is 2.57 bits per heavy atom. The van der Waals surface area contributed by atoms with Gasteiger partial charge in [0.25, 0.3) is 0 Å². The van der Waals surface area contributed by atoms with E-state index in [4.69, 9.17) is 4.74 Å². The van der Waals surface area contributed by atoms with E-state index in [-0.39, 0.29) is 12.1 Å². The average molecular weight is 466 g/mol. The molecule has 0 bridgehead atoms. The normalized spacial score (nSPS) is 14.7. The topological polar surface area (TPSA) is 46.5 Å². The van der Waals surface area contributed by atoms with E-state index in [1.807, 2.05) is 41.3 Å². The summed E-state index contributed by atoms with van der Waals surface area (Å²) in [5.41, 5.74) is 6.67. The van der Waals surface area contributed by atoms with Gasteiger partial charge in [-0.05, 0) is 58.5 Å². The molecule has 1 N–H and O–H groups in total. The van der Waals surface area contributed by atoms with E-state index >= 15 is 0 Å². The van der Waals surface area contributed by atoms with Crippen molar-refractivity contribution >= 4 is 6.03 Å². The van der Waals surface area contributed by atoms with Gasteiger partial charge in [0.15, 0.2) is 0 Å². The number of aromatic nitrogens is 1. The molecule has 1 aliphatic heterocycles. The Hall–Kier alpha value is -3.99. The van der Waals surface area contributed by atoms with Crippen LogP contribution in [0.1, 0.15) is 53.8 Å². The van der Waals surface area contributed by atoms with Crippen LogP contribution in [0.3, 0.4) is 0 Å². The molecule has 2 heterocycles. The zero-order valence-corrected chi connectivity index (χ0v) is 20.4. The van der Waals surface area contributed by atoms with Gasteiger partial charge in [-0.1, -0.05) is 68.4 Å². The van der Waals surface area contributed by atoms with Crippen LogP contribution in [0, 0.1) is 0 Å². The second kappa shape index (κ2) is 9.71. The number of rotatable bonds is 5. The Morgan fingerprint density at radius 1 is 1.00 bits per heavy atom. The van der Waals surface area contributed by atoms with Crippen LogP contribution in [-0.2, 0) is 13.1 Å². The van der Waals surface area contributed by atoms with Gasteiger partial charge in [0, 0.05) is 18.4 Å². The van der Waals surface area contributed by atoms with Gasteiger partial charge in [-0.15, -0.1) is 0 Å². The Morgan fingerprint density at radius 2 is 1.80 bits per heavy atom. The summed E-state index contributed by atoms with van der Waals surface area (Å²) in [4.78, 5) is 15.7. The lowest BCUT2D eigenvalue weighted by Gasteiger charge is -2.31. The van der Waals surface area contributed by atoms with Gasteiger partial charge in [-0.3, -0.25) is 0 Å². The number of para-hydroxylation sites is 1. The molecule has 35 heavy (non-hydrogen) atoms. The van der Waals surface area contributed by atoms with E-state index in [0.29, 0.717) is 19.0 Å². The van der Waals surface area contributed by atoms with Crippen molar-refractivity contribution < 1.29 is 9.53 Å². The molecular formula is C30H31N3O2. The van der Waals surface area contributed by atoms with Crippen molar-refractivity contribution in [1.29, 1.82) is 0 Å². The molecule has 178 valence electrons. The third-order valence-electron chi connectivity index (χ3n) is 6.72. The van der Waals surface area contributed by atoms with Crippen molar-refractivity contribution in [1.82, 2.24) is 14.8 Å². The fourth-order valence-corrected chi connectivity index (χ4v) is 4.81. The summed E-state index contributed by atoms with van der Waals surface area (Å²) in [5.74, 6) is 1.23. The fourth-order valence-electron chi connectivity index (χ4n) is 4.81. The van der Waals surface area contributed by atoms with Gasteiger partial charge < -0.3 is 19.5 Å². The Kier molecular flexibility index (Phi) is 6.32. The highest BCUT2D eigenvalue weighted by Crippen LogP contribution is 2.37. The first-order valence-corrected chi connectivity index (χ1v) is 12.1. The summed E-state index contributed by atoms with van der Waals surface area (Å²) in [7, 11) is 1.65. The van der Waals surface area contributed by atoms with Gasteiger partial charge >= 0.3 is 6.03 Å². The lowest BCUT2D eigenvalue weighted by molar-refractivity contribution is 0.180. The minimum Gasteiger partial charge on any atom is -0.497 e. The molecule has 1 aliphatic rings. The molecular weight excluding hydrogens is 434 g/mol. The number of nitrogens with one attached hydrogen (secondary N) is 1. The van der Waals surface area contributed by atoms with Crippen molar-refractivity contribution in [2.45, 2.75) is 38.9 Å².